The van der Waals surface area contributed by atoms with Gasteiger partial charge in [-0.1, -0.05) is 0 Å². The molecule has 13 nitrogen and oxygen atoms in total. The van der Waals surface area contributed by atoms with Crippen LogP contribution in [-0.2, 0) is 14.0 Å². The van der Waals surface area contributed by atoms with Crippen LogP contribution in [0.4, 0.5) is 5.95 Å². The minimum absolute atomic E-state index is 0. The average Bonchev–Trinajstić information content (AvgIpc) is 3.04. The number of imidazole rings is 1. The predicted molar refractivity (Wildman–Crippen MR) is 90.8 cm³/mol. The SMILES string of the molecule is Nc1nc2[nH]cnc2c(=O)n1[C@@H]1O[C@H](OCP(=O)(O)O)[C@@H](O)[C@H]1O.[NaH].[NaH]. The quantitative estimate of drug-likeness (QED) is 0.212. The van der Waals surface area contributed by atoms with Crippen molar-refractivity contribution < 1.29 is 34.0 Å². The number of hydrogen-bond acceptors (Lipinski definition) is 9. The van der Waals surface area contributed by atoms with Crippen LogP contribution in [0, 0.1) is 0 Å². The van der Waals surface area contributed by atoms with Gasteiger partial charge in [-0.05, 0) is 0 Å². The molecule has 0 aromatic carbocycles. The number of aliphatic hydroxyl groups excluding tert-OH is 2. The summed E-state index contributed by atoms with van der Waals surface area (Å²) in [5.74, 6) is -0.316. The fraction of sp³-hybridized carbons (Fsp3) is 0.500. The number of fused-ring (bicyclic) bond motifs is 1. The number of aromatic amines is 1. The van der Waals surface area contributed by atoms with Gasteiger partial charge in [-0.25, -0.2) is 9.55 Å². The van der Waals surface area contributed by atoms with Gasteiger partial charge in [0.15, 0.2) is 30.0 Å². The Bertz CT molecular complexity index is 871. The summed E-state index contributed by atoms with van der Waals surface area (Å²) >= 11 is 0. The van der Waals surface area contributed by atoms with E-state index in [4.69, 9.17) is 25.0 Å². The van der Waals surface area contributed by atoms with E-state index in [1.165, 1.54) is 6.33 Å². The molecule has 2 aromatic heterocycles. The average molecular weight is 411 g/mol. The van der Waals surface area contributed by atoms with E-state index in [1.807, 2.05) is 0 Å². The molecule has 0 radical (unpaired) electrons. The third-order valence-electron chi connectivity index (χ3n) is 3.37. The van der Waals surface area contributed by atoms with Crippen molar-refractivity contribution in [3.8, 4) is 0 Å². The number of H-pyrrole nitrogens is 1. The maximum absolute atomic E-state index is 12.4. The summed E-state index contributed by atoms with van der Waals surface area (Å²) in [4.78, 5) is 40.2. The third kappa shape index (κ3) is 4.75. The zero-order valence-electron chi connectivity index (χ0n) is 11.9. The Morgan fingerprint density at radius 1 is 1.35 bits per heavy atom. The van der Waals surface area contributed by atoms with Crippen molar-refractivity contribution in [2.45, 2.75) is 24.7 Å². The van der Waals surface area contributed by atoms with Gasteiger partial charge < -0.3 is 40.2 Å². The first kappa shape index (κ1) is 24.2. The molecular weight excluding hydrogens is 395 g/mol. The van der Waals surface area contributed by atoms with Gasteiger partial charge in [0.05, 0.1) is 6.33 Å². The number of hydrogen-bond donors (Lipinski definition) is 6. The second-order valence-corrected chi connectivity index (χ2v) is 6.67. The number of nitrogens with one attached hydrogen (secondary N) is 1. The molecule has 1 aliphatic heterocycles. The van der Waals surface area contributed by atoms with Gasteiger partial charge in [-0.15, -0.1) is 0 Å². The molecule has 3 heterocycles. The standard InChI is InChI=1S/C10H14N5O8P.2Na.2H/c11-10-14-6-3(12-1-13-6)7(18)15(10)8-4(16)5(17)9(23-8)22-2-24(19,20)21;;;;/h1,4-5,8-9,16-17H,2H2,(H2,11,14)(H,12,13)(H2,19,20,21);;;;/t4-,5+,8-,9+;;;;/m1..../s1. The van der Waals surface area contributed by atoms with Crippen LogP contribution in [0.5, 0.6) is 0 Å². The summed E-state index contributed by atoms with van der Waals surface area (Å²) in [5.41, 5.74) is 5.03. The van der Waals surface area contributed by atoms with Gasteiger partial charge in [0, 0.05) is 0 Å². The zero-order valence-corrected chi connectivity index (χ0v) is 12.8. The fourth-order valence-electron chi connectivity index (χ4n) is 2.31. The summed E-state index contributed by atoms with van der Waals surface area (Å²) in [6, 6.07) is 0. The van der Waals surface area contributed by atoms with Crippen molar-refractivity contribution in [2.75, 3.05) is 12.1 Å². The van der Waals surface area contributed by atoms with E-state index < -0.39 is 44.2 Å². The molecule has 4 atom stereocenters. The number of anilines is 1. The third-order valence-corrected chi connectivity index (χ3v) is 3.86. The Labute approximate surface area is 189 Å². The van der Waals surface area contributed by atoms with E-state index >= 15 is 0 Å². The first-order valence-electron chi connectivity index (χ1n) is 6.58. The molecule has 0 saturated carbocycles. The first-order valence-corrected chi connectivity index (χ1v) is 8.37. The molecule has 7 N–H and O–H groups in total. The maximum atomic E-state index is 12.4. The topological polar surface area (TPSA) is 206 Å². The Balaban J connectivity index is 0.00000169. The number of nitrogens with zero attached hydrogens (tertiary/aromatic N) is 3. The fourth-order valence-corrected chi connectivity index (χ4v) is 2.65. The summed E-state index contributed by atoms with van der Waals surface area (Å²) < 4.78 is 21.6. The van der Waals surface area contributed by atoms with Crippen molar-refractivity contribution in [1.82, 2.24) is 19.5 Å². The normalized spacial score (nSPS) is 25.7. The van der Waals surface area contributed by atoms with Crippen molar-refractivity contribution >= 4 is 83.8 Å². The number of rotatable bonds is 4. The van der Waals surface area contributed by atoms with Crippen LogP contribution in [-0.4, -0.2) is 123 Å². The van der Waals surface area contributed by atoms with Crippen LogP contribution in [0.15, 0.2) is 11.1 Å². The number of nitrogen functional groups attached to an aromatic ring is 1. The van der Waals surface area contributed by atoms with Gasteiger partial charge >= 0.3 is 66.7 Å². The molecule has 0 spiro atoms. The van der Waals surface area contributed by atoms with E-state index in [2.05, 4.69) is 15.0 Å². The summed E-state index contributed by atoms with van der Waals surface area (Å²) in [6.45, 7) is 0. The molecule has 26 heavy (non-hydrogen) atoms. The first-order chi connectivity index (χ1) is 11.2. The molecule has 0 amide bonds. The van der Waals surface area contributed by atoms with Crippen molar-refractivity contribution in [3.63, 3.8) is 0 Å². The van der Waals surface area contributed by atoms with Gasteiger partial charge in [0.2, 0.25) is 5.95 Å². The molecule has 3 rings (SSSR count). The number of ether oxygens (including phenoxy) is 2. The molecule has 16 heteroatoms. The van der Waals surface area contributed by atoms with E-state index in [0.717, 1.165) is 4.57 Å². The van der Waals surface area contributed by atoms with Crippen LogP contribution >= 0.6 is 7.60 Å². The number of aromatic nitrogens is 4. The van der Waals surface area contributed by atoms with Crippen molar-refractivity contribution in [2.24, 2.45) is 0 Å². The zero-order chi connectivity index (χ0) is 17.6. The van der Waals surface area contributed by atoms with Crippen LogP contribution in [0.25, 0.3) is 11.2 Å². The number of nitrogens with two attached hydrogens (primary N) is 1. The van der Waals surface area contributed by atoms with Crippen LogP contribution in [0.1, 0.15) is 6.23 Å². The second kappa shape index (κ2) is 9.09. The molecule has 2 aromatic rings. The predicted octanol–water partition coefficient (Wildman–Crippen LogP) is -3.87. The monoisotopic (exact) mass is 411 g/mol. The summed E-state index contributed by atoms with van der Waals surface area (Å²) in [6.07, 6.45) is -6.15. The van der Waals surface area contributed by atoms with Crippen molar-refractivity contribution in [3.05, 3.63) is 16.7 Å². The molecule has 136 valence electrons. The molecule has 1 saturated heterocycles. The molecule has 0 bridgehead atoms. The van der Waals surface area contributed by atoms with E-state index in [9.17, 15) is 19.6 Å². The van der Waals surface area contributed by atoms with Gasteiger partial charge in [0.1, 0.15) is 12.2 Å². The molecular formula is C10H16N5Na2O8P. The number of aliphatic hydroxyl groups is 2. The Morgan fingerprint density at radius 2 is 2.00 bits per heavy atom. The molecule has 0 aliphatic carbocycles. The van der Waals surface area contributed by atoms with Crippen molar-refractivity contribution in [1.29, 1.82) is 0 Å². The van der Waals surface area contributed by atoms with E-state index in [0.29, 0.717) is 0 Å². The van der Waals surface area contributed by atoms with Gasteiger partial charge in [-0.3, -0.25) is 9.36 Å². The van der Waals surface area contributed by atoms with E-state index in [-0.39, 0.29) is 76.2 Å². The second-order valence-electron chi connectivity index (χ2n) is 5.08. The molecule has 1 aliphatic rings. The molecule has 1 fully saturated rings. The van der Waals surface area contributed by atoms with Crippen LogP contribution in [0.3, 0.4) is 0 Å². The van der Waals surface area contributed by atoms with Crippen LogP contribution < -0.4 is 11.3 Å². The van der Waals surface area contributed by atoms with Crippen LogP contribution in [0.2, 0.25) is 0 Å². The summed E-state index contributed by atoms with van der Waals surface area (Å²) in [5, 5.41) is 20.0. The summed E-state index contributed by atoms with van der Waals surface area (Å²) in [7, 11) is -4.51. The molecule has 0 unspecified atom stereocenters. The van der Waals surface area contributed by atoms with Gasteiger partial charge in [-0.2, -0.15) is 4.98 Å². The van der Waals surface area contributed by atoms with E-state index in [1.54, 1.807) is 0 Å². The Kier molecular flexibility index (Phi) is 8.46. The van der Waals surface area contributed by atoms with Gasteiger partial charge in [0.25, 0.3) is 5.56 Å². The Hall–Kier alpha value is 0.140. The Morgan fingerprint density at radius 3 is 2.62 bits per heavy atom. The minimum atomic E-state index is -4.51.